The number of methoxy groups -OCH3 is 1. The maximum absolute atomic E-state index is 12.4. The van der Waals surface area contributed by atoms with Crippen molar-refractivity contribution in [2.24, 2.45) is 5.14 Å². The van der Waals surface area contributed by atoms with Crippen LogP contribution in [0.1, 0.15) is 42.1 Å². The molecule has 2 rings (SSSR count). The van der Waals surface area contributed by atoms with Gasteiger partial charge in [-0.25, -0.2) is 13.6 Å². The van der Waals surface area contributed by atoms with Gasteiger partial charge in [0, 0.05) is 11.3 Å². The number of primary sulfonamides is 1. The molecule has 0 aliphatic heterocycles. The highest BCUT2D eigenvalue weighted by atomic mass is 32.2. The fourth-order valence-electron chi connectivity index (χ4n) is 2.58. The van der Waals surface area contributed by atoms with Crippen molar-refractivity contribution in [1.29, 1.82) is 0 Å². The molecule has 2 aromatic carbocycles. The van der Waals surface area contributed by atoms with Crippen LogP contribution < -0.4 is 15.2 Å². The maximum atomic E-state index is 12.4. The fraction of sp³-hybridized carbons (Fsp3) is 0.316. The number of carbonyl (C=O) groups excluding carboxylic acids is 1. The number of carbonyl (C=O) groups is 1. The van der Waals surface area contributed by atoms with Gasteiger partial charge in [-0.15, -0.1) is 0 Å². The summed E-state index contributed by atoms with van der Waals surface area (Å²) in [5.74, 6) is -0.322. The van der Waals surface area contributed by atoms with Gasteiger partial charge < -0.3 is 10.1 Å². The molecule has 0 saturated carbocycles. The molecule has 0 bridgehead atoms. The van der Waals surface area contributed by atoms with Crippen molar-refractivity contribution in [1.82, 2.24) is 0 Å². The summed E-state index contributed by atoms with van der Waals surface area (Å²) in [5, 5.41) is 7.94. The van der Waals surface area contributed by atoms with Crippen LogP contribution in [0, 0.1) is 0 Å². The van der Waals surface area contributed by atoms with Gasteiger partial charge in [-0.1, -0.05) is 31.9 Å². The van der Waals surface area contributed by atoms with Crippen LogP contribution in [0.2, 0.25) is 0 Å². The molecule has 0 aliphatic carbocycles. The van der Waals surface area contributed by atoms with Gasteiger partial charge >= 0.3 is 0 Å². The molecule has 0 aromatic heterocycles. The molecule has 0 unspecified atom stereocenters. The minimum absolute atomic E-state index is 0.0977. The van der Waals surface area contributed by atoms with E-state index < -0.39 is 15.9 Å². The van der Waals surface area contributed by atoms with Gasteiger partial charge in [-0.3, -0.25) is 4.79 Å². The Balaban J connectivity index is 2.12. The molecule has 7 heteroatoms. The van der Waals surface area contributed by atoms with Crippen molar-refractivity contribution in [2.75, 3.05) is 12.4 Å². The minimum atomic E-state index is -4.00. The van der Waals surface area contributed by atoms with Gasteiger partial charge in [0.15, 0.2) is 0 Å². The predicted octanol–water partition coefficient (Wildman–Crippen LogP) is 3.33. The van der Waals surface area contributed by atoms with E-state index in [1.165, 1.54) is 43.7 Å². The fourth-order valence-corrected chi connectivity index (χ4v) is 3.30. The largest absolute Gasteiger partial charge is 0.495 e. The van der Waals surface area contributed by atoms with Crippen LogP contribution in [0.15, 0.2) is 47.4 Å². The molecule has 26 heavy (non-hydrogen) atoms. The second kappa shape index (κ2) is 8.82. The summed E-state index contributed by atoms with van der Waals surface area (Å²) in [4.78, 5) is 12.2. The number of amides is 1. The van der Waals surface area contributed by atoms with Gasteiger partial charge in [-0.05, 0) is 48.7 Å². The molecule has 0 spiro atoms. The van der Waals surface area contributed by atoms with Gasteiger partial charge in [0.2, 0.25) is 10.0 Å². The molecule has 0 saturated heterocycles. The zero-order valence-electron chi connectivity index (χ0n) is 15.0. The first-order valence-electron chi connectivity index (χ1n) is 8.46. The first-order chi connectivity index (χ1) is 12.3. The van der Waals surface area contributed by atoms with E-state index in [9.17, 15) is 13.2 Å². The van der Waals surface area contributed by atoms with Gasteiger partial charge in [0.05, 0.1) is 7.11 Å². The van der Waals surface area contributed by atoms with E-state index in [1.54, 1.807) is 0 Å². The third-order valence-corrected chi connectivity index (χ3v) is 4.95. The molecule has 0 atom stereocenters. The SMILES string of the molecule is CCCCCc1ccc(NC(=O)c2ccc(OC)c(S(N)(=O)=O)c2)cc1. The summed E-state index contributed by atoms with van der Waals surface area (Å²) in [6.07, 6.45) is 4.53. The van der Waals surface area contributed by atoms with Crippen molar-refractivity contribution in [2.45, 2.75) is 37.5 Å². The van der Waals surface area contributed by atoms with Crippen molar-refractivity contribution in [3.05, 3.63) is 53.6 Å². The Morgan fingerprint density at radius 1 is 1.12 bits per heavy atom. The lowest BCUT2D eigenvalue weighted by molar-refractivity contribution is 0.102. The van der Waals surface area contributed by atoms with Crippen LogP contribution in [0.4, 0.5) is 5.69 Å². The van der Waals surface area contributed by atoms with E-state index >= 15 is 0 Å². The summed E-state index contributed by atoms with van der Waals surface area (Å²) < 4.78 is 28.3. The smallest absolute Gasteiger partial charge is 0.255 e. The van der Waals surface area contributed by atoms with E-state index in [1.807, 2.05) is 24.3 Å². The molecular weight excluding hydrogens is 352 g/mol. The van der Waals surface area contributed by atoms with Gasteiger partial charge in [-0.2, -0.15) is 0 Å². The third kappa shape index (κ3) is 5.31. The quantitative estimate of drug-likeness (QED) is 0.690. The summed E-state index contributed by atoms with van der Waals surface area (Å²) >= 11 is 0. The average molecular weight is 376 g/mol. The number of rotatable bonds is 8. The number of sulfonamides is 1. The number of ether oxygens (including phenoxy) is 1. The maximum Gasteiger partial charge on any atom is 0.255 e. The summed E-state index contributed by atoms with van der Waals surface area (Å²) in [5.41, 5.74) is 2.04. The van der Waals surface area contributed by atoms with Crippen molar-refractivity contribution < 1.29 is 17.9 Å². The number of nitrogens with two attached hydrogens (primary N) is 1. The number of aryl methyl sites for hydroxylation is 1. The number of nitrogens with one attached hydrogen (secondary N) is 1. The second-order valence-electron chi connectivity index (χ2n) is 6.02. The summed E-state index contributed by atoms with van der Waals surface area (Å²) in [6, 6.07) is 11.7. The normalized spacial score (nSPS) is 11.2. The molecule has 0 radical (unpaired) electrons. The lowest BCUT2D eigenvalue weighted by Gasteiger charge is -2.10. The molecule has 3 N–H and O–H groups in total. The molecule has 0 aliphatic rings. The monoisotopic (exact) mass is 376 g/mol. The highest BCUT2D eigenvalue weighted by Gasteiger charge is 2.18. The Morgan fingerprint density at radius 3 is 2.38 bits per heavy atom. The average Bonchev–Trinajstić information content (AvgIpc) is 2.62. The first-order valence-corrected chi connectivity index (χ1v) is 10.0. The number of anilines is 1. The molecular formula is C19H24N2O4S. The minimum Gasteiger partial charge on any atom is -0.495 e. The number of unbranched alkanes of at least 4 members (excludes halogenated alkanes) is 2. The topological polar surface area (TPSA) is 98.5 Å². The zero-order chi connectivity index (χ0) is 19.2. The third-order valence-electron chi connectivity index (χ3n) is 4.01. The van der Waals surface area contributed by atoms with E-state index in [2.05, 4.69) is 12.2 Å². The van der Waals surface area contributed by atoms with Crippen molar-refractivity contribution in [3.63, 3.8) is 0 Å². The zero-order valence-corrected chi connectivity index (χ0v) is 15.8. The van der Waals surface area contributed by atoms with Crippen LogP contribution >= 0.6 is 0 Å². The highest BCUT2D eigenvalue weighted by Crippen LogP contribution is 2.24. The van der Waals surface area contributed by atoms with Crippen molar-refractivity contribution >= 4 is 21.6 Å². The first kappa shape index (κ1) is 19.9. The van der Waals surface area contributed by atoms with E-state index in [-0.39, 0.29) is 16.2 Å². The Kier molecular flexibility index (Phi) is 6.76. The van der Waals surface area contributed by atoms with E-state index in [0.717, 1.165) is 12.8 Å². The van der Waals surface area contributed by atoms with Crippen LogP contribution in [0.5, 0.6) is 5.75 Å². The Bertz CT molecular complexity index is 862. The van der Waals surface area contributed by atoms with Gasteiger partial charge in [0.25, 0.3) is 5.91 Å². The van der Waals surface area contributed by atoms with Crippen LogP contribution in [-0.4, -0.2) is 21.4 Å². The Hall–Kier alpha value is -2.38. The molecule has 2 aromatic rings. The standard InChI is InChI=1S/C19H24N2O4S/c1-3-4-5-6-14-7-10-16(11-8-14)21-19(22)15-9-12-17(25-2)18(13-15)26(20,23)24/h7-13H,3-6H2,1-2H3,(H,21,22)(H2,20,23,24). The Morgan fingerprint density at radius 2 is 1.81 bits per heavy atom. The molecule has 1 amide bonds. The molecule has 0 fully saturated rings. The van der Waals surface area contributed by atoms with Crippen LogP contribution in [0.25, 0.3) is 0 Å². The number of benzene rings is 2. The number of hydrogen-bond donors (Lipinski definition) is 2. The number of hydrogen-bond acceptors (Lipinski definition) is 4. The lowest BCUT2D eigenvalue weighted by atomic mass is 10.1. The Labute approximate surface area is 154 Å². The lowest BCUT2D eigenvalue weighted by Crippen LogP contribution is -2.16. The van der Waals surface area contributed by atoms with Gasteiger partial charge in [0.1, 0.15) is 10.6 Å². The van der Waals surface area contributed by atoms with Crippen molar-refractivity contribution in [3.8, 4) is 5.75 Å². The second-order valence-corrected chi connectivity index (χ2v) is 7.55. The van der Waals surface area contributed by atoms with E-state index in [0.29, 0.717) is 5.69 Å². The predicted molar refractivity (Wildman–Crippen MR) is 102 cm³/mol. The summed E-state index contributed by atoms with van der Waals surface area (Å²) in [6.45, 7) is 2.17. The summed E-state index contributed by atoms with van der Waals surface area (Å²) in [7, 11) is -2.66. The van der Waals surface area contributed by atoms with Crippen LogP contribution in [0.3, 0.4) is 0 Å². The molecule has 0 heterocycles. The van der Waals surface area contributed by atoms with E-state index in [4.69, 9.17) is 9.88 Å². The molecule has 6 nitrogen and oxygen atoms in total. The van der Waals surface area contributed by atoms with Crippen LogP contribution in [-0.2, 0) is 16.4 Å². The molecule has 140 valence electrons. The highest BCUT2D eigenvalue weighted by molar-refractivity contribution is 7.89.